The second-order valence-electron chi connectivity index (χ2n) is 6.11. The summed E-state index contributed by atoms with van der Waals surface area (Å²) in [6.45, 7) is 2.41. The summed E-state index contributed by atoms with van der Waals surface area (Å²) in [5, 5.41) is 15.0. The number of methoxy groups -OCH3 is 2. The largest absolute Gasteiger partial charge is 0.493 e. The van der Waals surface area contributed by atoms with Crippen LogP contribution in [-0.2, 0) is 0 Å². The highest BCUT2D eigenvalue weighted by Gasteiger charge is 2.36. The fourth-order valence-electron chi connectivity index (χ4n) is 3.27. The Labute approximate surface area is 156 Å². The van der Waals surface area contributed by atoms with Crippen LogP contribution in [0.1, 0.15) is 35.4 Å². The van der Waals surface area contributed by atoms with Crippen LogP contribution in [0.4, 0.5) is 11.4 Å². The minimum Gasteiger partial charge on any atom is -0.493 e. The molecule has 8 heteroatoms. The van der Waals surface area contributed by atoms with Crippen molar-refractivity contribution in [1.82, 2.24) is 4.90 Å². The Morgan fingerprint density at radius 1 is 1.19 bits per heavy atom. The Bertz CT molecular complexity index is 884. The molecule has 0 fully saturated rings. The van der Waals surface area contributed by atoms with Gasteiger partial charge in [-0.3, -0.25) is 14.9 Å². The standard InChI is InChI=1S/C19H21N3O5/c1-4-9-21-18(20-14-8-6-5-7-12(14)19(21)23)13-10-16(26-2)17(27-3)11-15(13)22(24)25/h5-8,10-11,18,20H,4,9H2,1-3H3/t18-/m0/s1. The van der Waals surface area contributed by atoms with E-state index in [1.165, 1.54) is 20.3 Å². The van der Waals surface area contributed by atoms with Gasteiger partial charge in [0.1, 0.15) is 6.17 Å². The number of benzene rings is 2. The third-order valence-corrected chi connectivity index (χ3v) is 4.51. The van der Waals surface area contributed by atoms with E-state index in [2.05, 4.69) is 5.32 Å². The van der Waals surface area contributed by atoms with Gasteiger partial charge in [0.2, 0.25) is 0 Å². The molecule has 3 rings (SSSR count). The van der Waals surface area contributed by atoms with Crippen LogP contribution < -0.4 is 14.8 Å². The highest BCUT2D eigenvalue weighted by atomic mass is 16.6. The summed E-state index contributed by atoms with van der Waals surface area (Å²) in [5.41, 5.74) is 1.39. The molecule has 0 saturated heterocycles. The predicted molar refractivity (Wildman–Crippen MR) is 100 cm³/mol. The molecule has 0 aromatic heterocycles. The minimum atomic E-state index is -0.687. The molecular weight excluding hydrogens is 350 g/mol. The van der Waals surface area contributed by atoms with Crippen molar-refractivity contribution in [2.45, 2.75) is 19.5 Å². The van der Waals surface area contributed by atoms with Gasteiger partial charge in [0.05, 0.1) is 36.3 Å². The molecule has 0 bridgehead atoms. The second-order valence-corrected chi connectivity index (χ2v) is 6.11. The molecule has 27 heavy (non-hydrogen) atoms. The van der Waals surface area contributed by atoms with Crippen LogP contribution >= 0.6 is 0 Å². The Balaban J connectivity index is 2.18. The number of anilines is 1. The van der Waals surface area contributed by atoms with E-state index in [-0.39, 0.29) is 17.3 Å². The van der Waals surface area contributed by atoms with Gasteiger partial charge in [-0.05, 0) is 24.6 Å². The summed E-state index contributed by atoms with van der Waals surface area (Å²) in [5.74, 6) is 0.459. The number of nitrogens with one attached hydrogen (secondary N) is 1. The van der Waals surface area contributed by atoms with Gasteiger partial charge >= 0.3 is 0 Å². The molecule has 1 aliphatic rings. The normalized spacial score (nSPS) is 15.7. The highest BCUT2D eigenvalue weighted by Crippen LogP contribution is 2.41. The first kappa shape index (κ1) is 18.5. The molecule has 0 saturated carbocycles. The van der Waals surface area contributed by atoms with Crippen LogP contribution in [-0.4, -0.2) is 36.5 Å². The van der Waals surface area contributed by atoms with Crippen LogP contribution in [0.15, 0.2) is 36.4 Å². The van der Waals surface area contributed by atoms with E-state index in [0.29, 0.717) is 35.5 Å². The average Bonchev–Trinajstić information content (AvgIpc) is 2.68. The van der Waals surface area contributed by atoms with Gasteiger partial charge in [-0.2, -0.15) is 0 Å². The summed E-state index contributed by atoms with van der Waals surface area (Å²) in [7, 11) is 2.88. The van der Waals surface area contributed by atoms with Crippen molar-refractivity contribution < 1.29 is 19.2 Å². The molecule has 2 aromatic rings. The number of amides is 1. The summed E-state index contributed by atoms with van der Waals surface area (Å²) in [6, 6.07) is 10.0. The Hall–Kier alpha value is -3.29. The maximum Gasteiger partial charge on any atom is 0.280 e. The van der Waals surface area contributed by atoms with Crippen molar-refractivity contribution in [3.63, 3.8) is 0 Å². The van der Waals surface area contributed by atoms with Gasteiger partial charge in [0, 0.05) is 12.2 Å². The Morgan fingerprint density at radius 3 is 2.48 bits per heavy atom. The number of fused-ring (bicyclic) bond motifs is 1. The lowest BCUT2D eigenvalue weighted by molar-refractivity contribution is -0.386. The van der Waals surface area contributed by atoms with E-state index in [4.69, 9.17) is 9.47 Å². The predicted octanol–water partition coefficient (Wildman–Crippen LogP) is 3.59. The summed E-state index contributed by atoms with van der Waals surface area (Å²) in [4.78, 5) is 25.8. The maximum absolute atomic E-state index is 13.0. The first-order chi connectivity index (χ1) is 13.0. The monoisotopic (exact) mass is 371 g/mol. The minimum absolute atomic E-state index is 0.140. The number of para-hydroxylation sites is 1. The van der Waals surface area contributed by atoms with Crippen LogP contribution in [0.2, 0.25) is 0 Å². The molecule has 1 heterocycles. The van der Waals surface area contributed by atoms with Crippen LogP contribution in [0.5, 0.6) is 11.5 Å². The number of hydrogen-bond donors (Lipinski definition) is 1. The van der Waals surface area contributed by atoms with E-state index in [0.717, 1.165) is 0 Å². The first-order valence-corrected chi connectivity index (χ1v) is 8.58. The Kier molecular flexibility index (Phi) is 5.16. The molecule has 0 unspecified atom stereocenters. The fourth-order valence-corrected chi connectivity index (χ4v) is 3.27. The van der Waals surface area contributed by atoms with Crippen molar-refractivity contribution in [2.75, 3.05) is 26.1 Å². The third-order valence-electron chi connectivity index (χ3n) is 4.51. The lowest BCUT2D eigenvalue weighted by atomic mass is 10.0. The number of carbonyl (C=O) groups excluding carboxylic acids is 1. The topological polar surface area (TPSA) is 93.9 Å². The van der Waals surface area contributed by atoms with Gasteiger partial charge in [-0.25, -0.2) is 0 Å². The number of carbonyl (C=O) groups is 1. The molecular formula is C19H21N3O5. The van der Waals surface area contributed by atoms with Crippen molar-refractivity contribution in [1.29, 1.82) is 0 Å². The zero-order valence-corrected chi connectivity index (χ0v) is 15.4. The summed E-state index contributed by atoms with van der Waals surface area (Å²) >= 11 is 0. The molecule has 0 radical (unpaired) electrons. The van der Waals surface area contributed by atoms with Crippen molar-refractivity contribution in [2.24, 2.45) is 0 Å². The number of rotatable bonds is 6. The van der Waals surface area contributed by atoms with Gasteiger partial charge in [-0.15, -0.1) is 0 Å². The maximum atomic E-state index is 13.0. The van der Waals surface area contributed by atoms with Crippen molar-refractivity contribution in [3.8, 4) is 11.5 Å². The van der Waals surface area contributed by atoms with E-state index in [9.17, 15) is 14.9 Å². The number of nitro benzene ring substituents is 1. The SMILES string of the molecule is CCCN1C(=O)c2ccccc2N[C@@H]1c1cc(OC)c(OC)cc1[N+](=O)[O-]. The average molecular weight is 371 g/mol. The van der Waals surface area contributed by atoms with Crippen LogP contribution in [0, 0.1) is 10.1 Å². The van der Waals surface area contributed by atoms with Gasteiger partial charge in [0.15, 0.2) is 11.5 Å². The van der Waals surface area contributed by atoms with E-state index in [1.54, 1.807) is 29.2 Å². The second kappa shape index (κ2) is 7.53. The zero-order valence-electron chi connectivity index (χ0n) is 15.4. The van der Waals surface area contributed by atoms with E-state index in [1.807, 2.05) is 13.0 Å². The molecule has 0 spiro atoms. The van der Waals surface area contributed by atoms with Gasteiger partial charge in [0.25, 0.3) is 11.6 Å². The molecule has 142 valence electrons. The molecule has 2 aromatic carbocycles. The summed E-state index contributed by atoms with van der Waals surface area (Å²) < 4.78 is 10.5. The third kappa shape index (κ3) is 3.25. The molecule has 8 nitrogen and oxygen atoms in total. The van der Waals surface area contributed by atoms with E-state index >= 15 is 0 Å². The zero-order chi connectivity index (χ0) is 19.6. The smallest absolute Gasteiger partial charge is 0.280 e. The quantitative estimate of drug-likeness (QED) is 0.616. The first-order valence-electron chi connectivity index (χ1n) is 8.58. The molecule has 1 atom stereocenters. The molecule has 1 aliphatic heterocycles. The lowest BCUT2D eigenvalue weighted by Gasteiger charge is -2.37. The highest BCUT2D eigenvalue weighted by molar-refractivity contribution is 6.01. The Morgan fingerprint density at radius 2 is 1.85 bits per heavy atom. The molecule has 0 aliphatic carbocycles. The number of hydrogen-bond acceptors (Lipinski definition) is 6. The summed E-state index contributed by atoms with van der Waals surface area (Å²) in [6.07, 6.45) is 0.0280. The fraction of sp³-hybridized carbons (Fsp3) is 0.316. The van der Waals surface area contributed by atoms with Crippen LogP contribution in [0.25, 0.3) is 0 Å². The molecule has 1 N–H and O–H groups in total. The van der Waals surface area contributed by atoms with Gasteiger partial charge in [-0.1, -0.05) is 19.1 Å². The van der Waals surface area contributed by atoms with E-state index < -0.39 is 11.1 Å². The number of ether oxygens (including phenoxy) is 2. The van der Waals surface area contributed by atoms with Crippen molar-refractivity contribution in [3.05, 3.63) is 57.6 Å². The number of nitro groups is 1. The number of nitrogens with zero attached hydrogens (tertiary/aromatic N) is 2. The van der Waals surface area contributed by atoms with Gasteiger partial charge < -0.3 is 19.7 Å². The molecule has 1 amide bonds. The van der Waals surface area contributed by atoms with Crippen molar-refractivity contribution >= 4 is 17.3 Å². The lowest BCUT2D eigenvalue weighted by Crippen LogP contribution is -2.43. The van der Waals surface area contributed by atoms with Crippen LogP contribution in [0.3, 0.4) is 0 Å².